The van der Waals surface area contributed by atoms with Crippen molar-refractivity contribution in [1.82, 2.24) is 9.88 Å². The van der Waals surface area contributed by atoms with Crippen LogP contribution in [0.5, 0.6) is 0 Å². The fourth-order valence-electron chi connectivity index (χ4n) is 3.95. The van der Waals surface area contributed by atoms with E-state index in [-0.39, 0.29) is 11.7 Å². The molecule has 0 aliphatic heterocycles. The van der Waals surface area contributed by atoms with Crippen molar-refractivity contribution in [1.29, 1.82) is 0 Å². The van der Waals surface area contributed by atoms with Crippen LogP contribution in [0.3, 0.4) is 0 Å². The molecule has 0 unspecified atom stereocenters. The summed E-state index contributed by atoms with van der Waals surface area (Å²) in [6, 6.07) is 22.8. The molecule has 0 atom stereocenters. The third-order valence-electron chi connectivity index (χ3n) is 5.58. The van der Waals surface area contributed by atoms with E-state index in [1.165, 1.54) is 11.0 Å². The van der Waals surface area contributed by atoms with E-state index in [1.54, 1.807) is 23.9 Å². The number of halogens is 1. The Morgan fingerprint density at radius 1 is 1.09 bits per heavy atom. The fourth-order valence-corrected chi connectivity index (χ4v) is 4.61. The van der Waals surface area contributed by atoms with E-state index in [4.69, 9.17) is 0 Å². The minimum atomic E-state index is -0.214. The summed E-state index contributed by atoms with van der Waals surface area (Å²) in [6.07, 6.45) is 2.30. The van der Waals surface area contributed by atoms with Crippen molar-refractivity contribution in [3.63, 3.8) is 0 Å². The summed E-state index contributed by atoms with van der Waals surface area (Å²) in [5, 5.41) is 3.96. The van der Waals surface area contributed by atoms with Gasteiger partial charge in [0, 0.05) is 46.6 Å². The van der Waals surface area contributed by atoms with Crippen LogP contribution < -0.4 is 5.32 Å². The number of amides is 1. The molecule has 4 aromatic rings. The Balaban J connectivity index is 1.53. The van der Waals surface area contributed by atoms with Gasteiger partial charge in [-0.25, -0.2) is 4.39 Å². The Morgan fingerprint density at radius 2 is 1.88 bits per heavy atom. The minimum absolute atomic E-state index is 0.115. The number of aromatic nitrogens is 1. The lowest BCUT2D eigenvalue weighted by Crippen LogP contribution is -2.22. The molecule has 0 radical (unpaired) electrons. The largest absolute Gasteiger partial charge is 0.348 e. The molecule has 33 heavy (non-hydrogen) atoms. The number of thioether (sulfide) groups is 1. The average molecular weight is 459 g/mol. The topological polar surface area (TPSA) is 34.0 Å². The summed E-state index contributed by atoms with van der Waals surface area (Å²) in [7, 11) is 0. The van der Waals surface area contributed by atoms with Crippen LogP contribution >= 0.6 is 11.8 Å². The summed E-state index contributed by atoms with van der Waals surface area (Å²) in [4.78, 5) is 14.0. The molecule has 0 bridgehead atoms. The van der Waals surface area contributed by atoms with Gasteiger partial charge in [0.05, 0.1) is 0 Å². The van der Waals surface area contributed by atoms with E-state index in [9.17, 15) is 9.18 Å². The standard InChI is InChI=1S/C28H27FN2OS/c1-3-15-31-24(17-21-7-5-6-8-26(21)29)18-23-16-22(11-14-27(23)31)28(32)30-19-20-9-12-25(13-10-20)33-4-2/h3,5-14,16,18H,1,4,15,17,19H2,2H3,(H,30,32). The van der Waals surface area contributed by atoms with Crippen molar-refractivity contribution in [2.24, 2.45) is 0 Å². The predicted octanol–water partition coefficient (Wildman–Crippen LogP) is 6.60. The third-order valence-corrected chi connectivity index (χ3v) is 6.47. The van der Waals surface area contributed by atoms with Crippen molar-refractivity contribution < 1.29 is 9.18 Å². The number of nitrogens with zero attached hydrogens (tertiary/aromatic N) is 1. The second-order valence-electron chi connectivity index (χ2n) is 7.84. The van der Waals surface area contributed by atoms with Crippen LogP contribution in [0.1, 0.15) is 34.1 Å². The molecule has 0 saturated heterocycles. The van der Waals surface area contributed by atoms with Crippen molar-refractivity contribution in [3.05, 3.63) is 114 Å². The molecule has 0 spiro atoms. The number of hydrogen-bond donors (Lipinski definition) is 1. The van der Waals surface area contributed by atoms with Gasteiger partial charge in [-0.1, -0.05) is 43.3 Å². The van der Waals surface area contributed by atoms with Gasteiger partial charge in [0.25, 0.3) is 5.91 Å². The fraction of sp³-hybridized carbons (Fsp3) is 0.179. The highest BCUT2D eigenvalue weighted by Gasteiger charge is 2.13. The van der Waals surface area contributed by atoms with E-state index in [1.807, 2.05) is 48.5 Å². The van der Waals surface area contributed by atoms with Crippen LogP contribution in [0.15, 0.2) is 90.3 Å². The number of carbonyl (C=O) groups excluding carboxylic acids is 1. The predicted molar refractivity (Wildman–Crippen MR) is 135 cm³/mol. The van der Waals surface area contributed by atoms with Gasteiger partial charge in [-0.3, -0.25) is 4.79 Å². The van der Waals surface area contributed by atoms with Gasteiger partial charge in [-0.2, -0.15) is 0 Å². The summed E-state index contributed by atoms with van der Waals surface area (Å²) >= 11 is 1.80. The van der Waals surface area contributed by atoms with Crippen LogP contribution in [0.2, 0.25) is 0 Å². The lowest BCUT2D eigenvalue weighted by Gasteiger charge is -2.10. The third kappa shape index (κ3) is 5.37. The summed E-state index contributed by atoms with van der Waals surface area (Å²) in [5.74, 6) is 0.708. The van der Waals surface area contributed by atoms with Crippen LogP contribution in [0.4, 0.5) is 4.39 Å². The van der Waals surface area contributed by atoms with Crippen molar-refractivity contribution in [2.45, 2.75) is 31.3 Å². The molecule has 1 aromatic heterocycles. The molecule has 0 aliphatic rings. The first-order chi connectivity index (χ1) is 16.1. The normalized spacial score (nSPS) is 11.0. The number of fused-ring (bicyclic) bond motifs is 1. The number of carbonyl (C=O) groups is 1. The zero-order valence-electron chi connectivity index (χ0n) is 18.7. The molecule has 168 valence electrons. The summed E-state index contributed by atoms with van der Waals surface area (Å²) < 4.78 is 16.3. The first-order valence-electron chi connectivity index (χ1n) is 11.1. The molecule has 4 rings (SSSR count). The molecular formula is C28H27FN2OS. The van der Waals surface area contributed by atoms with Crippen molar-refractivity contribution in [2.75, 3.05) is 5.75 Å². The molecule has 5 heteroatoms. The van der Waals surface area contributed by atoms with Gasteiger partial charge >= 0.3 is 0 Å². The maximum atomic E-state index is 14.2. The van der Waals surface area contributed by atoms with Gasteiger partial charge in [-0.05, 0) is 59.3 Å². The maximum Gasteiger partial charge on any atom is 0.251 e. The van der Waals surface area contributed by atoms with Crippen LogP contribution in [-0.2, 0) is 19.5 Å². The molecule has 1 N–H and O–H groups in total. The van der Waals surface area contributed by atoms with Crippen LogP contribution in [-0.4, -0.2) is 16.2 Å². The SMILES string of the molecule is C=CCn1c(Cc2ccccc2F)cc2cc(C(=O)NCc3ccc(SCC)cc3)ccc21. The Bertz CT molecular complexity index is 1280. The first kappa shape index (κ1) is 22.9. The highest BCUT2D eigenvalue weighted by atomic mass is 32.2. The molecule has 0 aliphatic carbocycles. The Hall–Kier alpha value is -3.31. The lowest BCUT2D eigenvalue weighted by molar-refractivity contribution is 0.0951. The van der Waals surface area contributed by atoms with E-state index < -0.39 is 0 Å². The van der Waals surface area contributed by atoms with Crippen molar-refractivity contribution in [3.8, 4) is 0 Å². The lowest BCUT2D eigenvalue weighted by atomic mass is 10.1. The number of allylic oxidation sites excluding steroid dienone is 1. The second-order valence-corrected chi connectivity index (χ2v) is 9.17. The number of rotatable bonds is 9. The van der Waals surface area contributed by atoms with E-state index >= 15 is 0 Å². The number of hydrogen-bond acceptors (Lipinski definition) is 2. The highest BCUT2D eigenvalue weighted by Crippen LogP contribution is 2.25. The molecule has 1 amide bonds. The van der Waals surface area contributed by atoms with Gasteiger partial charge in [0.15, 0.2) is 0 Å². The monoisotopic (exact) mass is 458 g/mol. The van der Waals surface area contributed by atoms with Crippen LogP contribution in [0.25, 0.3) is 10.9 Å². The molecule has 0 saturated carbocycles. The molecule has 1 heterocycles. The number of benzene rings is 3. The van der Waals surface area contributed by atoms with Gasteiger partial charge < -0.3 is 9.88 Å². The molecular weight excluding hydrogens is 431 g/mol. The molecule has 0 fully saturated rings. The Morgan fingerprint density at radius 3 is 2.61 bits per heavy atom. The second kappa shape index (κ2) is 10.5. The highest BCUT2D eigenvalue weighted by molar-refractivity contribution is 7.99. The molecule has 3 aromatic carbocycles. The number of nitrogens with one attached hydrogen (secondary N) is 1. The van der Waals surface area contributed by atoms with Crippen LogP contribution in [0, 0.1) is 5.82 Å². The summed E-state index contributed by atoms with van der Waals surface area (Å²) in [5.41, 5.74) is 4.30. The quantitative estimate of drug-likeness (QED) is 0.226. The van der Waals surface area contributed by atoms with E-state index in [0.29, 0.717) is 30.6 Å². The minimum Gasteiger partial charge on any atom is -0.348 e. The molecule has 3 nitrogen and oxygen atoms in total. The zero-order chi connectivity index (χ0) is 23.2. The van der Waals surface area contributed by atoms with Gasteiger partial charge in [0.2, 0.25) is 0 Å². The average Bonchev–Trinajstić information content (AvgIpc) is 3.16. The summed E-state index contributed by atoms with van der Waals surface area (Å²) in [6.45, 7) is 7.08. The smallest absolute Gasteiger partial charge is 0.251 e. The first-order valence-corrected chi connectivity index (χ1v) is 12.0. The van der Waals surface area contributed by atoms with E-state index in [2.05, 4.69) is 35.5 Å². The van der Waals surface area contributed by atoms with Gasteiger partial charge in [0.1, 0.15) is 5.82 Å². The van der Waals surface area contributed by atoms with E-state index in [0.717, 1.165) is 27.9 Å². The Kier molecular flexibility index (Phi) is 7.30. The van der Waals surface area contributed by atoms with Gasteiger partial charge in [-0.15, -0.1) is 18.3 Å². The van der Waals surface area contributed by atoms with Crippen molar-refractivity contribution >= 4 is 28.6 Å². The zero-order valence-corrected chi connectivity index (χ0v) is 19.5. The maximum absolute atomic E-state index is 14.2. The Labute approximate surface area is 198 Å².